The fourth-order valence-electron chi connectivity index (χ4n) is 4.48. The molecule has 6 nitrogen and oxygen atoms in total. The number of allylic oxidation sites excluding steroid dienone is 3. The lowest BCUT2D eigenvalue weighted by atomic mass is 9.67. The number of fused-ring (bicyclic) bond motifs is 3. The topological polar surface area (TPSA) is 89.9 Å². The van der Waals surface area contributed by atoms with E-state index in [9.17, 15) is 19.5 Å². The lowest BCUT2D eigenvalue weighted by molar-refractivity contribution is -0.176. The average molecular weight is 360 g/mol. The second-order valence-electron chi connectivity index (χ2n) is 7.60. The molecule has 0 amide bonds. The molecule has 0 aromatic rings. The van der Waals surface area contributed by atoms with Gasteiger partial charge in [-0.25, -0.2) is 9.59 Å². The minimum atomic E-state index is -1.10. The maximum atomic E-state index is 12.8. The molecule has 0 radical (unpaired) electrons. The third-order valence-corrected chi connectivity index (χ3v) is 6.28. The first-order valence-corrected chi connectivity index (χ1v) is 8.79. The van der Waals surface area contributed by atoms with Gasteiger partial charge in [0.1, 0.15) is 18.3 Å². The fraction of sp³-hybridized carbons (Fsp3) is 0.550. The summed E-state index contributed by atoms with van der Waals surface area (Å²) in [7, 11) is 0. The number of carbonyl (C=O) groups excluding carboxylic acids is 3. The van der Waals surface area contributed by atoms with Crippen LogP contribution in [-0.2, 0) is 23.9 Å². The zero-order valence-corrected chi connectivity index (χ0v) is 15.4. The average Bonchev–Trinajstić information content (AvgIpc) is 2.89. The summed E-state index contributed by atoms with van der Waals surface area (Å²) in [5.41, 5.74) is -0.685. The molecule has 2 fully saturated rings. The molecule has 1 heterocycles. The van der Waals surface area contributed by atoms with Crippen molar-refractivity contribution >= 4 is 17.7 Å². The van der Waals surface area contributed by atoms with E-state index in [2.05, 4.69) is 6.58 Å². The SMILES string of the molecule is C=C1C(=O)O[C@@H]2[C@@H](C)[C@@H]3C=CC(=O)[C@@]3(C)[C@@H](OC(=O)/C(C)=C\C)[C@H]1[C@@H]2O. The first kappa shape index (κ1) is 18.6. The predicted octanol–water partition coefficient (Wildman–Crippen LogP) is 1.73. The van der Waals surface area contributed by atoms with Crippen molar-refractivity contribution in [3.8, 4) is 0 Å². The summed E-state index contributed by atoms with van der Waals surface area (Å²) >= 11 is 0. The van der Waals surface area contributed by atoms with Crippen molar-refractivity contribution in [3.63, 3.8) is 0 Å². The van der Waals surface area contributed by atoms with Gasteiger partial charge in [-0.15, -0.1) is 0 Å². The Balaban J connectivity index is 2.15. The second-order valence-corrected chi connectivity index (χ2v) is 7.60. The molecular formula is C20H24O6. The zero-order valence-electron chi connectivity index (χ0n) is 15.4. The van der Waals surface area contributed by atoms with Gasteiger partial charge in [0, 0.05) is 17.1 Å². The highest BCUT2D eigenvalue weighted by Crippen LogP contribution is 2.54. The standard InChI is InChI=1S/C20H24O6/c1-6-9(2)18(23)26-17-14-11(4)19(24)25-16(15(14)22)10(3)12-7-8-13(21)20(12,17)5/h6-8,10,12,14-17,22H,4H2,1-3,5H3/b9-6-/t10-,12-,14+,15-,16+,17-,20-/m0/s1. The summed E-state index contributed by atoms with van der Waals surface area (Å²) in [6, 6.07) is 0. The highest BCUT2D eigenvalue weighted by molar-refractivity contribution is 5.99. The molecule has 3 rings (SSSR count). The van der Waals surface area contributed by atoms with E-state index in [0.29, 0.717) is 5.57 Å². The Kier molecular flexibility index (Phi) is 4.43. The summed E-state index contributed by atoms with van der Waals surface area (Å²) in [4.78, 5) is 37.6. The number of rotatable bonds is 2. The first-order chi connectivity index (χ1) is 12.1. The molecule has 1 saturated carbocycles. The van der Waals surface area contributed by atoms with E-state index in [4.69, 9.17) is 9.47 Å². The third kappa shape index (κ3) is 2.39. The van der Waals surface area contributed by atoms with Crippen LogP contribution >= 0.6 is 0 Å². The Morgan fingerprint density at radius 1 is 1.42 bits per heavy atom. The predicted molar refractivity (Wildman–Crippen MR) is 92.7 cm³/mol. The smallest absolute Gasteiger partial charge is 0.334 e. The van der Waals surface area contributed by atoms with E-state index in [0.717, 1.165) is 0 Å². The molecule has 1 aliphatic heterocycles. The largest absolute Gasteiger partial charge is 0.457 e. The molecule has 1 saturated heterocycles. The van der Waals surface area contributed by atoms with Crippen LogP contribution in [0.25, 0.3) is 0 Å². The Morgan fingerprint density at radius 2 is 2.08 bits per heavy atom. The van der Waals surface area contributed by atoms with Crippen molar-refractivity contribution in [1.29, 1.82) is 0 Å². The molecule has 26 heavy (non-hydrogen) atoms. The van der Waals surface area contributed by atoms with Crippen molar-refractivity contribution in [3.05, 3.63) is 36.0 Å². The molecule has 2 bridgehead atoms. The monoisotopic (exact) mass is 360 g/mol. The van der Waals surface area contributed by atoms with E-state index >= 15 is 0 Å². The van der Waals surface area contributed by atoms with E-state index in [1.54, 1.807) is 32.9 Å². The quantitative estimate of drug-likeness (QED) is 0.596. The lowest BCUT2D eigenvalue weighted by Gasteiger charge is -2.41. The minimum Gasteiger partial charge on any atom is -0.457 e. The molecule has 1 N–H and O–H groups in total. The molecule has 0 spiro atoms. The van der Waals surface area contributed by atoms with Gasteiger partial charge in [-0.05, 0) is 32.8 Å². The van der Waals surface area contributed by atoms with Crippen molar-refractivity contribution in [1.82, 2.24) is 0 Å². The van der Waals surface area contributed by atoms with Gasteiger partial charge in [-0.2, -0.15) is 0 Å². The van der Waals surface area contributed by atoms with E-state index in [1.165, 1.54) is 6.08 Å². The van der Waals surface area contributed by atoms with Crippen LogP contribution in [0.1, 0.15) is 27.7 Å². The van der Waals surface area contributed by atoms with E-state index < -0.39 is 41.6 Å². The van der Waals surface area contributed by atoms with Gasteiger partial charge in [-0.1, -0.05) is 25.7 Å². The van der Waals surface area contributed by atoms with Gasteiger partial charge in [-0.3, -0.25) is 4.79 Å². The fourth-order valence-corrected chi connectivity index (χ4v) is 4.48. The zero-order chi connectivity index (χ0) is 19.4. The van der Waals surface area contributed by atoms with Gasteiger partial charge in [0.2, 0.25) is 0 Å². The lowest BCUT2D eigenvalue weighted by Crippen LogP contribution is -2.53. The van der Waals surface area contributed by atoms with Crippen molar-refractivity contribution < 1.29 is 29.0 Å². The van der Waals surface area contributed by atoms with E-state index in [-0.39, 0.29) is 23.2 Å². The molecule has 0 aromatic carbocycles. The number of aliphatic hydroxyl groups excluding tert-OH is 1. The number of ketones is 1. The minimum absolute atomic E-state index is 0.0263. The van der Waals surface area contributed by atoms with E-state index in [1.807, 2.05) is 6.92 Å². The molecular weight excluding hydrogens is 336 g/mol. The molecule has 0 aromatic heterocycles. The van der Waals surface area contributed by atoms with Crippen molar-refractivity contribution in [2.45, 2.75) is 46.0 Å². The van der Waals surface area contributed by atoms with Crippen LogP contribution in [0.2, 0.25) is 0 Å². The number of carbonyl (C=O) groups is 3. The molecule has 3 aliphatic rings. The van der Waals surface area contributed by atoms with Gasteiger partial charge in [0.15, 0.2) is 5.78 Å². The Hall–Kier alpha value is -2.21. The van der Waals surface area contributed by atoms with Gasteiger partial charge < -0.3 is 14.6 Å². The molecule has 7 atom stereocenters. The second kappa shape index (κ2) is 6.20. The van der Waals surface area contributed by atoms with Crippen LogP contribution in [0, 0.1) is 23.2 Å². The van der Waals surface area contributed by atoms with Crippen LogP contribution < -0.4 is 0 Å². The van der Waals surface area contributed by atoms with Crippen LogP contribution in [0.3, 0.4) is 0 Å². The maximum absolute atomic E-state index is 12.8. The van der Waals surface area contributed by atoms with Gasteiger partial charge >= 0.3 is 11.9 Å². The van der Waals surface area contributed by atoms with Gasteiger partial charge in [0.25, 0.3) is 0 Å². The Bertz CT molecular complexity index is 747. The highest BCUT2D eigenvalue weighted by atomic mass is 16.6. The van der Waals surface area contributed by atoms with Crippen LogP contribution in [0.5, 0.6) is 0 Å². The Morgan fingerprint density at radius 3 is 2.69 bits per heavy atom. The summed E-state index contributed by atoms with van der Waals surface area (Å²) < 4.78 is 11.1. The van der Waals surface area contributed by atoms with Crippen molar-refractivity contribution in [2.75, 3.05) is 0 Å². The maximum Gasteiger partial charge on any atom is 0.334 e. The first-order valence-electron chi connectivity index (χ1n) is 8.79. The van der Waals surface area contributed by atoms with Crippen LogP contribution in [0.4, 0.5) is 0 Å². The summed E-state index contributed by atoms with van der Waals surface area (Å²) in [5, 5.41) is 10.9. The normalized spacial score (nSPS) is 42.2. The Labute approximate surface area is 152 Å². The van der Waals surface area contributed by atoms with Crippen LogP contribution in [0.15, 0.2) is 36.0 Å². The number of aliphatic hydroxyl groups is 1. The van der Waals surface area contributed by atoms with Crippen LogP contribution in [-0.4, -0.2) is 41.1 Å². The summed E-state index contributed by atoms with van der Waals surface area (Å²) in [5.74, 6) is -2.93. The summed E-state index contributed by atoms with van der Waals surface area (Å²) in [6.45, 7) is 10.6. The highest BCUT2D eigenvalue weighted by Gasteiger charge is 2.64. The molecule has 140 valence electrons. The van der Waals surface area contributed by atoms with Gasteiger partial charge in [0.05, 0.1) is 11.3 Å². The number of esters is 2. The molecule has 2 aliphatic carbocycles. The number of hydrogen-bond donors (Lipinski definition) is 1. The summed E-state index contributed by atoms with van der Waals surface area (Å²) in [6.07, 6.45) is 1.97. The number of ether oxygens (including phenoxy) is 2. The van der Waals surface area contributed by atoms with Crippen molar-refractivity contribution in [2.24, 2.45) is 23.2 Å². The number of hydrogen-bond acceptors (Lipinski definition) is 6. The molecule has 0 unspecified atom stereocenters. The third-order valence-electron chi connectivity index (χ3n) is 6.28. The molecule has 6 heteroatoms.